The molecule has 1 N–H and O–H groups in total. The molecule has 1 aliphatic heterocycles. The Labute approximate surface area is 170 Å². The number of nitrogens with zero attached hydrogens (tertiary/aromatic N) is 3. The van der Waals surface area contributed by atoms with Crippen LogP contribution in [0.25, 0.3) is 10.9 Å². The summed E-state index contributed by atoms with van der Waals surface area (Å²) in [6.45, 7) is 2.11. The van der Waals surface area contributed by atoms with E-state index >= 15 is 0 Å². The predicted octanol–water partition coefficient (Wildman–Crippen LogP) is 2.71. The van der Waals surface area contributed by atoms with E-state index < -0.39 is 22.5 Å². The Morgan fingerprint density at radius 1 is 1.21 bits per heavy atom. The summed E-state index contributed by atoms with van der Waals surface area (Å²) in [5.41, 5.74) is -0.0958. The van der Waals surface area contributed by atoms with Gasteiger partial charge in [0.2, 0.25) is 5.43 Å². The summed E-state index contributed by atoms with van der Waals surface area (Å²) in [5, 5.41) is 9.02. The van der Waals surface area contributed by atoms with Crippen LogP contribution in [0.5, 0.6) is 0 Å². The van der Waals surface area contributed by atoms with Crippen LogP contribution in [0.15, 0.2) is 23.1 Å². The predicted molar refractivity (Wildman–Crippen MR) is 107 cm³/mol. The number of ether oxygens (including phenoxy) is 1. The molecule has 0 spiro atoms. The number of piperazine rings is 1. The molecule has 4 rings (SSSR count). The Kier molecular flexibility index (Phi) is 5.22. The number of aromatic carboxylic acids is 1. The van der Waals surface area contributed by atoms with Crippen molar-refractivity contribution in [1.29, 1.82) is 0 Å². The molecule has 2 fully saturated rings. The van der Waals surface area contributed by atoms with E-state index in [2.05, 4.69) is 4.74 Å². The molecule has 154 valence electrons. The van der Waals surface area contributed by atoms with Crippen LogP contribution in [0.1, 0.15) is 29.2 Å². The molecule has 1 saturated carbocycles. The minimum Gasteiger partial charge on any atom is -0.477 e. The number of hydrogen-bond donors (Lipinski definition) is 1. The Balaban J connectivity index is 1.68. The number of hydrogen-bond acceptors (Lipinski definition) is 7. The molecule has 2 aromatic rings. The maximum absolute atomic E-state index is 14.9. The van der Waals surface area contributed by atoms with Crippen molar-refractivity contribution >= 4 is 39.8 Å². The monoisotopic (exact) mass is 421 g/mol. The maximum atomic E-state index is 14.9. The molecule has 2 aliphatic rings. The SMILES string of the molecule is COC(=O)SN1CCN(c2cc3c(cc2F)c(=O)c(C(=O)O)cn3C2CC2)CC1. The third-order valence-electron chi connectivity index (χ3n) is 5.22. The molecule has 2 heterocycles. The van der Waals surface area contributed by atoms with Crippen molar-refractivity contribution in [3.8, 4) is 0 Å². The number of benzene rings is 1. The third kappa shape index (κ3) is 3.82. The van der Waals surface area contributed by atoms with Crippen LogP contribution in [0.3, 0.4) is 0 Å². The number of anilines is 1. The lowest BCUT2D eigenvalue weighted by Gasteiger charge is -2.35. The Bertz CT molecular complexity index is 1040. The smallest absolute Gasteiger partial charge is 0.382 e. The summed E-state index contributed by atoms with van der Waals surface area (Å²) in [6.07, 6.45) is 3.16. The van der Waals surface area contributed by atoms with Gasteiger partial charge in [0.25, 0.3) is 0 Å². The van der Waals surface area contributed by atoms with Crippen LogP contribution in [-0.4, -0.2) is 58.5 Å². The van der Waals surface area contributed by atoms with E-state index in [9.17, 15) is 23.9 Å². The molecule has 1 aliphatic carbocycles. The maximum Gasteiger partial charge on any atom is 0.382 e. The standard InChI is InChI=1S/C19H20FN3O5S/c1-28-19(27)29-22-6-4-21(5-7-22)16-9-15-12(8-14(16)20)17(24)13(18(25)26)10-23(15)11-2-3-11/h8-11H,2-7H2,1H3,(H,25,26). The third-order valence-corrected chi connectivity index (χ3v) is 6.16. The number of carboxylic acids is 1. The van der Waals surface area contributed by atoms with Gasteiger partial charge in [-0.3, -0.25) is 4.79 Å². The van der Waals surface area contributed by atoms with Gasteiger partial charge in [-0.1, -0.05) is 0 Å². The molecule has 1 saturated heterocycles. The molecular weight excluding hydrogens is 401 g/mol. The highest BCUT2D eigenvalue weighted by Crippen LogP contribution is 2.38. The first kappa shape index (κ1) is 19.7. The lowest BCUT2D eigenvalue weighted by atomic mass is 10.1. The van der Waals surface area contributed by atoms with Crippen LogP contribution >= 0.6 is 11.9 Å². The Hall–Kier alpha value is -2.59. The van der Waals surface area contributed by atoms with Crippen LogP contribution in [0, 0.1) is 5.82 Å². The summed E-state index contributed by atoms with van der Waals surface area (Å²) in [7, 11) is 1.32. The molecule has 1 aromatic heterocycles. The number of carbonyl (C=O) groups is 2. The number of rotatable bonds is 4. The largest absolute Gasteiger partial charge is 0.477 e. The second-order valence-electron chi connectivity index (χ2n) is 7.10. The zero-order valence-electron chi connectivity index (χ0n) is 15.8. The van der Waals surface area contributed by atoms with E-state index in [4.69, 9.17) is 0 Å². The van der Waals surface area contributed by atoms with Crippen LogP contribution in [0.2, 0.25) is 0 Å². The van der Waals surface area contributed by atoms with Gasteiger partial charge in [-0.15, -0.1) is 0 Å². The zero-order valence-corrected chi connectivity index (χ0v) is 16.6. The summed E-state index contributed by atoms with van der Waals surface area (Å²) in [4.78, 5) is 37.3. The molecule has 1 aromatic carbocycles. The van der Waals surface area contributed by atoms with E-state index in [1.807, 2.05) is 9.21 Å². The van der Waals surface area contributed by atoms with Crippen molar-refractivity contribution in [2.75, 3.05) is 38.2 Å². The average Bonchev–Trinajstić information content (AvgIpc) is 3.54. The molecular formula is C19H20FN3O5S. The first-order chi connectivity index (χ1) is 13.9. The fourth-order valence-electron chi connectivity index (χ4n) is 3.57. The Morgan fingerprint density at radius 2 is 1.90 bits per heavy atom. The van der Waals surface area contributed by atoms with Crippen LogP contribution in [0.4, 0.5) is 14.9 Å². The van der Waals surface area contributed by atoms with Crippen molar-refractivity contribution in [2.24, 2.45) is 0 Å². The molecule has 0 radical (unpaired) electrons. The normalized spacial score (nSPS) is 17.5. The first-order valence-corrected chi connectivity index (χ1v) is 10.0. The van der Waals surface area contributed by atoms with Gasteiger partial charge < -0.3 is 19.3 Å². The van der Waals surface area contributed by atoms with E-state index in [0.29, 0.717) is 37.4 Å². The van der Waals surface area contributed by atoms with E-state index in [0.717, 1.165) is 30.9 Å². The molecule has 10 heteroatoms. The van der Waals surface area contributed by atoms with Crippen LogP contribution in [-0.2, 0) is 4.74 Å². The fourth-order valence-corrected chi connectivity index (χ4v) is 4.20. The molecule has 0 atom stereocenters. The number of carboxylic acid groups (broad SMARTS) is 1. The highest BCUT2D eigenvalue weighted by molar-refractivity contribution is 8.11. The van der Waals surface area contributed by atoms with Gasteiger partial charge in [0.15, 0.2) is 0 Å². The topological polar surface area (TPSA) is 92.1 Å². The van der Waals surface area contributed by atoms with Gasteiger partial charge in [-0.25, -0.2) is 18.3 Å². The second-order valence-corrected chi connectivity index (χ2v) is 8.13. The van der Waals surface area contributed by atoms with Crippen molar-refractivity contribution < 1.29 is 23.8 Å². The fraction of sp³-hybridized carbons (Fsp3) is 0.421. The zero-order chi connectivity index (χ0) is 20.7. The number of fused-ring (bicyclic) bond motifs is 1. The van der Waals surface area contributed by atoms with E-state index in [1.165, 1.54) is 13.3 Å². The average molecular weight is 421 g/mol. The van der Waals surface area contributed by atoms with Gasteiger partial charge in [0.05, 0.1) is 18.3 Å². The van der Waals surface area contributed by atoms with Crippen LogP contribution < -0.4 is 10.3 Å². The lowest BCUT2D eigenvalue weighted by Crippen LogP contribution is -2.44. The van der Waals surface area contributed by atoms with E-state index in [1.54, 1.807) is 10.6 Å². The summed E-state index contributed by atoms with van der Waals surface area (Å²) >= 11 is 0.996. The van der Waals surface area contributed by atoms with E-state index in [-0.39, 0.29) is 17.0 Å². The van der Waals surface area contributed by atoms with Gasteiger partial charge in [-0.05, 0) is 25.0 Å². The summed E-state index contributed by atoms with van der Waals surface area (Å²) < 4.78 is 23.2. The van der Waals surface area contributed by atoms with Crippen molar-refractivity contribution in [3.05, 3.63) is 39.9 Å². The quantitative estimate of drug-likeness (QED) is 0.595. The molecule has 8 nitrogen and oxygen atoms in total. The second kappa shape index (κ2) is 7.68. The van der Waals surface area contributed by atoms with Gasteiger partial charge >= 0.3 is 11.3 Å². The van der Waals surface area contributed by atoms with Gasteiger partial charge in [0, 0.05) is 55.8 Å². The summed E-state index contributed by atoms with van der Waals surface area (Å²) in [5.74, 6) is -1.87. The van der Waals surface area contributed by atoms with Crippen molar-refractivity contribution in [2.45, 2.75) is 18.9 Å². The molecule has 0 bridgehead atoms. The molecule has 0 amide bonds. The number of aromatic nitrogens is 1. The number of methoxy groups -OCH3 is 1. The van der Waals surface area contributed by atoms with Crippen molar-refractivity contribution in [1.82, 2.24) is 8.87 Å². The molecule has 29 heavy (non-hydrogen) atoms. The summed E-state index contributed by atoms with van der Waals surface area (Å²) in [6, 6.07) is 2.91. The minimum atomic E-state index is -1.31. The lowest BCUT2D eigenvalue weighted by molar-refractivity contribution is 0.0694. The number of pyridine rings is 1. The molecule has 0 unspecified atom stereocenters. The highest BCUT2D eigenvalue weighted by Gasteiger charge is 2.28. The number of halogens is 1. The van der Waals surface area contributed by atoms with Gasteiger partial charge in [-0.2, -0.15) is 0 Å². The van der Waals surface area contributed by atoms with Gasteiger partial charge in [0.1, 0.15) is 11.4 Å². The Morgan fingerprint density at radius 3 is 2.48 bits per heavy atom. The highest BCUT2D eigenvalue weighted by atomic mass is 32.2. The minimum absolute atomic E-state index is 0.0814. The van der Waals surface area contributed by atoms with Crippen molar-refractivity contribution in [3.63, 3.8) is 0 Å². The number of carbonyl (C=O) groups excluding carboxylic acids is 1. The first-order valence-electron chi connectivity index (χ1n) is 9.26.